The monoisotopic (exact) mass is 394 g/mol. The van der Waals surface area contributed by atoms with E-state index in [0.717, 1.165) is 22.4 Å². The molecule has 2 aromatic carbocycles. The van der Waals surface area contributed by atoms with Crippen molar-refractivity contribution in [2.45, 2.75) is 34.1 Å². The van der Waals surface area contributed by atoms with Gasteiger partial charge in [-0.3, -0.25) is 9.59 Å². The van der Waals surface area contributed by atoms with Gasteiger partial charge >= 0.3 is 5.97 Å². The average Bonchev–Trinajstić information content (AvgIpc) is 3.46. The maximum Gasteiger partial charge on any atom is 0.338 e. The second-order valence-corrected chi connectivity index (χ2v) is 7.50. The fourth-order valence-corrected chi connectivity index (χ4v) is 3.51. The van der Waals surface area contributed by atoms with Gasteiger partial charge in [0.15, 0.2) is 0 Å². The first-order chi connectivity index (χ1) is 13.8. The summed E-state index contributed by atoms with van der Waals surface area (Å²) in [4.78, 5) is 36.7. The van der Waals surface area contributed by atoms with E-state index in [4.69, 9.17) is 4.74 Å². The fourth-order valence-electron chi connectivity index (χ4n) is 3.51. The van der Waals surface area contributed by atoms with Crippen molar-refractivity contribution in [3.63, 3.8) is 0 Å². The second kappa shape index (κ2) is 8.47. The molecule has 152 valence electrons. The minimum absolute atomic E-state index is 0.127. The Morgan fingerprint density at radius 3 is 2.03 bits per heavy atom. The standard InChI is InChI=1S/C23H26N2O4/c1-5-29-23(28)16-6-8-17(9-7-16)24-21(26)18-12-19(18)22(27)25-20-14(3)10-13(2)11-15(20)4/h6-11,18-19H,5,12H2,1-4H3,(H,24,26)(H,25,27). The number of anilines is 2. The smallest absolute Gasteiger partial charge is 0.338 e. The van der Waals surface area contributed by atoms with Gasteiger partial charge in [-0.05, 0) is 69.5 Å². The number of ether oxygens (including phenoxy) is 1. The van der Waals surface area contributed by atoms with Gasteiger partial charge in [-0.15, -0.1) is 0 Å². The van der Waals surface area contributed by atoms with E-state index in [9.17, 15) is 14.4 Å². The number of aryl methyl sites for hydroxylation is 3. The Morgan fingerprint density at radius 2 is 1.48 bits per heavy atom. The zero-order chi connectivity index (χ0) is 21.1. The lowest BCUT2D eigenvalue weighted by atomic mass is 10.0. The van der Waals surface area contributed by atoms with Gasteiger partial charge in [0, 0.05) is 11.4 Å². The van der Waals surface area contributed by atoms with Gasteiger partial charge in [-0.2, -0.15) is 0 Å². The molecule has 2 unspecified atom stereocenters. The van der Waals surface area contributed by atoms with Crippen molar-refractivity contribution in [3.8, 4) is 0 Å². The van der Waals surface area contributed by atoms with E-state index in [1.807, 2.05) is 32.9 Å². The Morgan fingerprint density at radius 1 is 0.931 bits per heavy atom. The summed E-state index contributed by atoms with van der Waals surface area (Å²) >= 11 is 0. The molecule has 1 aliphatic carbocycles. The van der Waals surface area contributed by atoms with Crippen molar-refractivity contribution in [2.75, 3.05) is 17.2 Å². The molecule has 0 radical (unpaired) electrons. The predicted molar refractivity (Wildman–Crippen MR) is 112 cm³/mol. The summed E-state index contributed by atoms with van der Waals surface area (Å²) in [5, 5.41) is 5.79. The molecule has 1 fully saturated rings. The van der Waals surface area contributed by atoms with Crippen LogP contribution in [0.2, 0.25) is 0 Å². The summed E-state index contributed by atoms with van der Waals surface area (Å²) in [5.41, 5.74) is 5.01. The molecule has 0 spiro atoms. The van der Waals surface area contributed by atoms with Crippen LogP contribution in [0.5, 0.6) is 0 Å². The Labute approximate surface area is 170 Å². The van der Waals surface area contributed by atoms with Crippen LogP contribution in [0, 0.1) is 32.6 Å². The first kappa shape index (κ1) is 20.6. The summed E-state index contributed by atoms with van der Waals surface area (Å²) in [6.07, 6.45) is 0.530. The van der Waals surface area contributed by atoms with E-state index in [1.165, 1.54) is 0 Å². The lowest BCUT2D eigenvalue weighted by Gasteiger charge is -2.13. The number of nitrogens with one attached hydrogen (secondary N) is 2. The molecule has 2 N–H and O–H groups in total. The third-order valence-corrected chi connectivity index (χ3v) is 5.05. The molecule has 6 heteroatoms. The number of rotatable bonds is 6. The molecule has 3 rings (SSSR count). The van der Waals surface area contributed by atoms with Gasteiger partial charge in [-0.1, -0.05) is 17.7 Å². The quantitative estimate of drug-likeness (QED) is 0.725. The number of amides is 2. The fraction of sp³-hybridized carbons (Fsp3) is 0.348. The summed E-state index contributed by atoms with van der Waals surface area (Å²) in [6.45, 7) is 8.01. The number of benzene rings is 2. The van der Waals surface area contributed by atoms with Gasteiger partial charge in [-0.25, -0.2) is 4.79 Å². The number of carbonyl (C=O) groups is 3. The highest BCUT2D eigenvalue weighted by Gasteiger charge is 2.48. The second-order valence-electron chi connectivity index (χ2n) is 7.50. The molecule has 0 aromatic heterocycles. The van der Waals surface area contributed by atoms with Gasteiger partial charge in [0.1, 0.15) is 0 Å². The molecule has 1 saturated carbocycles. The maximum atomic E-state index is 12.6. The van der Waals surface area contributed by atoms with Crippen LogP contribution < -0.4 is 10.6 Å². The van der Waals surface area contributed by atoms with E-state index in [1.54, 1.807) is 31.2 Å². The van der Waals surface area contributed by atoms with E-state index < -0.39 is 5.97 Å². The third-order valence-electron chi connectivity index (χ3n) is 5.05. The number of hydrogen-bond donors (Lipinski definition) is 2. The first-order valence-corrected chi connectivity index (χ1v) is 9.77. The van der Waals surface area contributed by atoms with Crippen LogP contribution in [0.25, 0.3) is 0 Å². The van der Waals surface area contributed by atoms with Crippen LogP contribution in [0.1, 0.15) is 40.4 Å². The average molecular weight is 394 g/mol. The number of hydrogen-bond acceptors (Lipinski definition) is 4. The summed E-state index contributed by atoms with van der Waals surface area (Å²) < 4.78 is 4.94. The Bertz CT molecular complexity index is 927. The molecule has 0 saturated heterocycles. The largest absolute Gasteiger partial charge is 0.462 e. The Kier molecular flexibility index (Phi) is 6.01. The minimum Gasteiger partial charge on any atom is -0.462 e. The molecular weight excluding hydrogens is 368 g/mol. The lowest BCUT2D eigenvalue weighted by molar-refractivity contribution is -0.122. The van der Waals surface area contributed by atoms with Crippen molar-refractivity contribution in [3.05, 3.63) is 58.7 Å². The molecule has 2 aromatic rings. The molecule has 0 heterocycles. The van der Waals surface area contributed by atoms with Crippen LogP contribution >= 0.6 is 0 Å². The molecule has 1 aliphatic rings. The van der Waals surface area contributed by atoms with Crippen LogP contribution in [-0.4, -0.2) is 24.4 Å². The molecule has 6 nitrogen and oxygen atoms in total. The van der Waals surface area contributed by atoms with Crippen molar-refractivity contribution >= 4 is 29.2 Å². The number of carbonyl (C=O) groups excluding carboxylic acids is 3. The van der Waals surface area contributed by atoms with Crippen molar-refractivity contribution < 1.29 is 19.1 Å². The zero-order valence-corrected chi connectivity index (χ0v) is 17.2. The predicted octanol–water partition coefficient (Wildman–Crippen LogP) is 4.00. The number of esters is 1. The molecule has 2 amide bonds. The topological polar surface area (TPSA) is 84.5 Å². The summed E-state index contributed by atoms with van der Waals surface area (Å²) in [7, 11) is 0. The lowest BCUT2D eigenvalue weighted by Crippen LogP contribution is -2.21. The Balaban J connectivity index is 1.56. The van der Waals surface area contributed by atoms with Crippen molar-refractivity contribution in [1.29, 1.82) is 0 Å². The summed E-state index contributed by atoms with van der Waals surface area (Å²) in [5.74, 6) is -1.38. The highest BCUT2D eigenvalue weighted by molar-refractivity contribution is 6.04. The normalized spacial score (nSPS) is 17.4. The van der Waals surface area contributed by atoms with E-state index >= 15 is 0 Å². The first-order valence-electron chi connectivity index (χ1n) is 9.77. The zero-order valence-electron chi connectivity index (χ0n) is 17.2. The highest BCUT2D eigenvalue weighted by Crippen LogP contribution is 2.40. The SMILES string of the molecule is CCOC(=O)c1ccc(NC(=O)C2CC2C(=O)Nc2c(C)cc(C)cc2C)cc1. The summed E-state index contributed by atoms with van der Waals surface area (Å²) in [6, 6.07) is 10.6. The van der Waals surface area contributed by atoms with Crippen LogP contribution in [0.4, 0.5) is 11.4 Å². The van der Waals surface area contributed by atoms with E-state index in [-0.39, 0.29) is 23.7 Å². The van der Waals surface area contributed by atoms with Crippen LogP contribution in [0.3, 0.4) is 0 Å². The maximum absolute atomic E-state index is 12.6. The van der Waals surface area contributed by atoms with Gasteiger partial charge in [0.25, 0.3) is 0 Å². The molecule has 0 aliphatic heterocycles. The van der Waals surface area contributed by atoms with E-state index in [0.29, 0.717) is 24.3 Å². The van der Waals surface area contributed by atoms with Crippen LogP contribution in [0.15, 0.2) is 36.4 Å². The van der Waals surface area contributed by atoms with Crippen LogP contribution in [-0.2, 0) is 14.3 Å². The molecule has 29 heavy (non-hydrogen) atoms. The third kappa shape index (κ3) is 4.83. The highest BCUT2D eigenvalue weighted by atomic mass is 16.5. The van der Waals surface area contributed by atoms with Crippen molar-refractivity contribution in [1.82, 2.24) is 0 Å². The molecule has 2 atom stereocenters. The minimum atomic E-state index is -0.397. The van der Waals surface area contributed by atoms with Crippen molar-refractivity contribution in [2.24, 2.45) is 11.8 Å². The van der Waals surface area contributed by atoms with Gasteiger partial charge in [0.2, 0.25) is 11.8 Å². The molecule has 0 bridgehead atoms. The Hall–Kier alpha value is -3.15. The van der Waals surface area contributed by atoms with Gasteiger partial charge in [0.05, 0.1) is 24.0 Å². The molecular formula is C23H26N2O4. The van der Waals surface area contributed by atoms with E-state index in [2.05, 4.69) is 10.6 Å². The van der Waals surface area contributed by atoms with Gasteiger partial charge < -0.3 is 15.4 Å².